The lowest BCUT2D eigenvalue weighted by Gasteiger charge is -2.33. The fraction of sp³-hybridized carbons (Fsp3) is 0.292. The van der Waals surface area contributed by atoms with Crippen molar-refractivity contribution in [1.82, 2.24) is 24.5 Å². The van der Waals surface area contributed by atoms with E-state index in [0.717, 1.165) is 43.0 Å². The molecule has 0 bridgehead atoms. The third-order valence-electron chi connectivity index (χ3n) is 5.80. The van der Waals surface area contributed by atoms with Crippen molar-refractivity contribution < 1.29 is 4.74 Å². The van der Waals surface area contributed by atoms with Crippen LogP contribution >= 0.6 is 0 Å². The third-order valence-corrected chi connectivity index (χ3v) is 5.80. The molecule has 0 aliphatic carbocycles. The molecule has 1 unspecified atom stereocenters. The zero-order chi connectivity index (χ0) is 20.3. The highest BCUT2D eigenvalue weighted by Crippen LogP contribution is 2.31. The molecule has 4 heterocycles. The van der Waals surface area contributed by atoms with Crippen LogP contribution in [0.4, 0.5) is 0 Å². The van der Waals surface area contributed by atoms with E-state index in [1.165, 1.54) is 17.7 Å². The molecular weight excluding hydrogens is 374 g/mol. The molecule has 6 nitrogen and oxygen atoms in total. The van der Waals surface area contributed by atoms with Gasteiger partial charge in [-0.15, -0.1) is 0 Å². The molecule has 1 aliphatic heterocycles. The maximum Gasteiger partial charge on any atom is 0.222 e. The van der Waals surface area contributed by atoms with Crippen LogP contribution in [0.25, 0.3) is 16.9 Å². The minimum atomic E-state index is 0.427. The highest BCUT2D eigenvalue weighted by molar-refractivity contribution is 5.68. The Morgan fingerprint density at radius 3 is 2.80 bits per heavy atom. The van der Waals surface area contributed by atoms with Crippen molar-refractivity contribution in [3.05, 3.63) is 78.2 Å². The zero-order valence-corrected chi connectivity index (χ0v) is 17.1. The van der Waals surface area contributed by atoms with Crippen LogP contribution in [0.1, 0.15) is 30.0 Å². The first-order valence-electron chi connectivity index (χ1n) is 10.4. The summed E-state index contributed by atoms with van der Waals surface area (Å²) in [6.07, 6.45) is 5.97. The van der Waals surface area contributed by atoms with E-state index in [1.54, 1.807) is 13.3 Å². The molecule has 0 radical (unpaired) electrons. The van der Waals surface area contributed by atoms with Crippen LogP contribution in [0.3, 0.4) is 0 Å². The van der Waals surface area contributed by atoms with Gasteiger partial charge in [0.2, 0.25) is 5.88 Å². The van der Waals surface area contributed by atoms with Crippen LogP contribution in [0.5, 0.6) is 5.88 Å². The SMILES string of the molecule is COc1ncccc1-c1cc2nccc(C3CCCN(Cc4ccccc4)C3)n2n1. The van der Waals surface area contributed by atoms with E-state index in [9.17, 15) is 0 Å². The number of piperidine rings is 1. The normalized spacial score (nSPS) is 17.3. The Morgan fingerprint density at radius 1 is 1.03 bits per heavy atom. The maximum absolute atomic E-state index is 5.43. The molecule has 4 aromatic rings. The molecule has 6 heteroatoms. The predicted molar refractivity (Wildman–Crippen MR) is 116 cm³/mol. The van der Waals surface area contributed by atoms with E-state index in [1.807, 2.05) is 28.9 Å². The first-order valence-corrected chi connectivity index (χ1v) is 10.4. The Bertz CT molecular complexity index is 1140. The minimum Gasteiger partial charge on any atom is -0.481 e. The standard InChI is InChI=1S/C24H25N5O/c1-30-24-20(10-5-12-26-24)21-15-23-25-13-11-22(29(23)27-21)19-9-6-14-28(17-19)16-18-7-3-2-4-8-18/h2-5,7-8,10-13,15,19H,6,9,14,16-17H2,1H3. The predicted octanol–water partition coefficient (Wildman–Crippen LogP) is 4.18. The van der Waals surface area contributed by atoms with Crippen LogP contribution in [0.2, 0.25) is 0 Å². The van der Waals surface area contributed by atoms with E-state index in [-0.39, 0.29) is 0 Å². The van der Waals surface area contributed by atoms with Gasteiger partial charge in [0.1, 0.15) is 5.69 Å². The second kappa shape index (κ2) is 8.24. The third kappa shape index (κ3) is 3.66. The minimum absolute atomic E-state index is 0.427. The number of fused-ring (bicyclic) bond motifs is 1. The maximum atomic E-state index is 5.43. The summed E-state index contributed by atoms with van der Waals surface area (Å²) in [5.41, 5.74) is 5.14. The van der Waals surface area contributed by atoms with Crippen molar-refractivity contribution in [2.75, 3.05) is 20.2 Å². The fourth-order valence-corrected chi connectivity index (χ4v) is 4.39. The van der Waals surface area contributed by atoms with E-state index in [0.29, 0.717) is 11.8 Å². The van der Waals surface area contributed by atoms with Crippen molar-refractivity contribution in [3.8, 4) is 17.1 Å². The number of methoxy groups -OCH3 is 1. The molecule has 1 saturated heterocycles. The topological polar surface area (TPSA) is 55.6 Å². The van der Waals surface area contributed by atoms with Gasteiger partial charge in [0.05, 0.1) is 18.4 Å². The molecule has 1 fully saturated rings. The Hall–Kier alpha value is -3.25. The summed E-state index contributed by atoms with van der Waals surface area (Å²) >= 11 is 0. The lowest BCUT2D eigenvalue weighted by Crippen LogP contribution is -2.34. The summed E-state index contributed by atoms with van der Waals surface area (Å²) in [7, 11) is 1.63. The molecule has 0 spiro atoms. The molecule has 0 N–H and O–H groups in total. The molecule has 0 amide bonds. The number of pyridine rings is 1. The zero-order valence-electron chi connectivity index (χ0n) is 17.1. The number of hydrogen-bond acceptors (Lipinski definition) is 5. The number of hydrogen-bond donors (Lipinski definition) is 0. The fourth-order valence-electron chi connectivity index (χ4n) is 4.39. The Balaban J connectivity index is 1.45. The van der Waals surface area contributed by atoms with Crippen LogP contribution < -0.4 is 4.74 Å². The van der Waals surface area contributed by atoms with Gasteiger partial charge in [-0.2, -0.15) is 5.10 Å². The van der Waals surface area contributed by atoms with Gasteiger partial charge in [-0.25, -0.2) is 14.5 Å². The van der Waals surface area contributed by atoms with Gasteiger partial charge >= 0.3 is 0 Å². The highest BCUT2D eigenvalue weighted by Gasteiger charge is 2.24. The molecule has 3 aromatic heterocycles. The van der Waals surface area contributed by atoms with Crippen LogP contribution in [0.15, 0.2) is 67.0 Å². The first kappa shape index (κ1) is 18.8. The lowest BCUT2D eigenvalue weighted by atomic mass is 9.94. The van der Waals surface area contributed by atoms with Gasteiger partial charge in [-0.1, -0.05) is 30.3 Å². The molecular formula is C24H25N5O. The second-order valence-electron chi connectivity index (χ2n) is 7.79. The summed E-state index contributed by atoms with van der Waals surface area (Å²) in [5.74, 6) is 1.01. The van der Waals surface area contributed by atoms with Gasteiger partial charge in [0, 0.05) is 37.5 Å². The van der Waals surface area contributed by atoms with Crippen LogP contribution in [-0.2, 0) is 6.54 Å². The number of ether oxygens (including phenoxy) is 1. The van der Waals surface area contributed by atoms with E-state index in [4.69, 9.17) is 9.84 Å². The number of likely N-dealkylation sites (tertiary alicyclic amines) is 1. The summed E-state index contributed by atoms with van der Waals surface area (Å²) in [4.78, 5) is 11.4. The van der Waals surface area contributed by atoms with Crippen molar-refractivity contribution in [3.63, 3.8) is 0 Å². The van der Waals surface area contributed by atoms with E-state index < -0.39 is 0 Å². The molecule has 0 saturated carbocycles. The summed E-state index contributed by atoms with van der Waals surface area (Å²) in [6, 6.07) is 18.7. The van der Waals surface area contributed by atoms with Crippen molar-refractivity contribution >= 4 is 5.65 Å². The van der Waals surface area contributed by atoms with Gasteiger partial charge in [-0.05, 0) is 43.1 Å². The molecule has 1 aliphatic rings. The Morgan fingerprint density at radius 2 is 1.93 bits per heavy atom. The number of benzene rings is 1. The number of rotatable bonds is 5. The van der Waals surface area contributed by atoms with Crippen LogP contribution in [-0.4, -0.2) is 44.7 Å². The smallest absolute Gasteiger partial charge is 0.222 e. The van der Waals surface area contributed by atoms with Crippen LogP contribution in [0, 0.1) is 0 Å². The molecule has 1 aromatic carbocycles. The second-order valence-corrected chi connectivity index (χ2v) is 7.79. The first-order chi connectivity index (χ1) is 14.8. The average Bonchev–Trinajstić information content (AvgIpc) is 3.24. The average molecular weight is 399 g/mol. The van der Waals surface area contributed by atoms with Gasteiger partial charge in [-0.3, -0.25) is 4.90 Å². The summed E-state index contributed by atoms with van der Waals surface area (Å²) in [5, 5.41) is 4.89. The van der Waals surface area contributed by atoms with Crippen molar-refractivity contribution in [2.24, 2.45) is 0 Å². The number of aromatic nitrogens is 4. The van der Waals surface area contributed by atoms with Gasteiger partial charge < -0.3 is 4.74 Å². The highest BCUT2D eigenvalue weighted by atomic mass is 16.5. The molecule has 30 heavy (non-hydrogen) atoms. The lowest BCUT2D eigenvalue weighted by molar-refractivity contribution is 0.197. The molecule has 5 rings (SSSR count). The van der Waals surface area contributed by atoms with E-state index in [2.05, 4.69) is 51.3 Å². The van der Waals surface area contributed by atoms with Crippen molar-refractivity contribution in [1.29, 1.82) is 0 Å². The number of nitrogens with zero attached hydrogens (tertiary/aromatic N) is 5. The Labute approximate surface area is 176 Å². The van der Waals surface area contributed by atoms with E-state index >= 15 is 0 Å². The largest absolute Gasteiger partial charge is 0.481 e. The monoisotopic (exact) mass is 399 g/mol. The molecule has 152 valence electrons. The quantitative estimate of drug-likeness (QED) is 0.504. The van der Waals surface area contributed by atoms with Gasteiger partial charge in [0.25, 0.3) is 0 Å². The van der Waals surface area contributed by atoms with Crippen molar-refractivity contribution in [2.45, 2.75) is 25.3 Å². The van der Waals surface area contributed by atoms with Gasteiger partial charge in [0.15, 0.2) is 5.65 Å². The summed E-state index contributed by atoms with van der Waals surface area (Å²) in [6.45, 7) is 3.15. The summed E-state index contributed by atoms with van der Waals surface area (Å²) < 4.78 is 7.42. The molecule has 1 atom stereocenters. The Kier molecular flexibility index (Phi) is 5.15.